The number of aliphatic hydroxyl groups is 1. The van der Waals surface area contributed by atoms with E-state index >= 15 is 0 Å². The molecule has 7 nitrogen and oxygen atoms in total. The van der Waals surface area contributed by atoms with Crippen LogP contribution >= 0.6 is 0 Å². The van der Waals surface area contributed by atoms with E-state index in [1.807, 2.05) is 36.4 Å². The molecule has 0 aliphatic rings. The number of pyridine rings is 1. The van der Waals surface area contributed by atoms with Crippen molar-refractivity contribution >= 4 is 12.0 Å². The van der Waals surface area contributed by atoms with E-state index in [1.54, 1.807) is 12.3 Å². The molecular weight excluding hydrogens is 396 g/mol. The summed E-state index contributed by atoms with van der Waals surface area (Å²) in [6, 6.07) is 13.2. The van der Waals surface area contributed by atoms with Gasteiger partial charge in [0.05, 0.1) is 27.0 Å². The van der Waals surface area contributed by atoms with Gasteiger partial charge in [0.25, 0.3) is 0 Å². The Bertz CT molecular complexity index is 1040. The molecule has 2 N–H and O–H groups in total. The van der Waals surface area contributed by atoms with Crippen molar-refractivity contribution in [3.63, 3.8) is 0 Å². The quantitative estimate of drug-likeness (QED) is 0.376. The van der Waals surface area contributed by atoms with E-state index in [0.29, 0.717) is 41.3 Å². The maximum Gasteiger partial charge on any atom is 0.203 e. The van der Waals surface area contributed by atoms with Gasteiger partial charge in [-0.2, -0.15) is 0 Å². The highest BCUT2D eigenvalue weighted by atomic mass is 16.5. The molecule has 0 aliphatic heterocycles. The minimum absolute atomic E-state index is 0.0770. The van der Waals surface area contributed by atoms with E-state index in [1.165, 1.54) is 21.3 Å². The Morgan fingerprint density at radius 2 is 1.84 bits per heavy atom. The number of aliphatic hydroxyl groups excluding tert-OH is 1. The number of anilines is 1. The molecule has 2 aromatic carbocycles. The highest BCUT2D eigenvalue weighted by Gasteiger charge is 2.24. The summed E-state index contributed by atoms with van der Waals surface area (Å²) >= 11 is 0. The molecule has 1 heterocycles. The van der Waals surface area contributed by atoms with E-state index in [4.69, 9.17) is 19.3 Å². The van der Waals surface area contributed by atoms with E-state index in [0.717, 1.165) is 28.8 Å². The normalized spacial score (nSPS) is 10.5. The van der Waals surface area contributed by atoms with Gasteiger partial charge in [0.1, 0.15) is 0 Å². The van der Waals surface area contributed by atoms with Crippen LogP contribution in [-0.2, 0) is 0 Å². The van der Waals surface area contributed by atoms with Crippen LogP contribution in [-0.4, -0.2) is 50.9 Å². The standard InChI is InChI=1S/C24H26N2O5/c1-29-21-14-17(15-28)22(24(31-3)23(21)30-2)18-13-16(19-7-4-5-10-25-19)8-9-20(18)26-11-6-12-27/h4-5,7-10,13-15,26-27H,6,11-12H2,1-3H3. The number of nitrogens with one attached hydrogen (secondary N) is 1. The summed E-state index contributed by atoms with van der Waals surface area (Å²) in [7, 11) is 4.56. The van der Waals surface area contributed by atoms with Gasteiger partial charge < -0.3 is 24.6 Å². The first-order chi connectivity index (χ1) is 15.2. The zero-order chi connectivity index (χ0) is 22.2. The third-order valence-electron chi connectivity index (χ3n) is 4.89. The number of hydrogen-bond donors (Lipinski definition) is 2. The molecule has 3 aromatic rings. The SMILES string of the molecule is COc1cc(C=O)c(-c2cc(-c3ccccn3)ccc2NCCCO)c(OC)c1OC. The molecule has 0 bridgehead atoms. The second kappa shape index (κ2) is 10.4. The topological polar surface area (TPSA) is 89.9 Å². The predicted octanol–water partition coefficient (Wildman–Crippen LogP) is 4.05. The predicted molar refractivity (Wildman–Crippen MR) is 120 cm³/mol. The Morgan fingerprint density at radius 3 is 2.45 bits per heavy atom. The van der Waals surface area contributed by atoms with Crippen molar-refractivity contribution in [2.24, 2.45) is 0 Å². The number of benzene rings is 2. The van der Waals surface area contributed by atoms with Crippen molar-refractivity contribution in [2.45, 2.75) is 6.42 Å². The number of rotatable bonds is 10. The zero-order valence-electron chi connectivity index (χ0n) is 17.8. The molecule has 162 valence electrons. The Kier molecular flexibility index (Phi) is 7.45. The molecule has 31 heavy (non-hydrogen) atoms. The minimum Gasteiger partial charge on any atom is -0.493 e. The number of methoxy groups -OCH3 is 3. The fraction of sp³-hybridized carbons (Fsp3) is 0.250. The van der Waals surface area contributed by atoms with Gasteiger partial charge in [-0.1, -0.05) is 12.1 Å². The summed E-state index contributed by atoms with van der Waals surface area (Å²) in [6.45, 7) is 0.645. The molecule has 0 unspecified atom stereocenters. The molecule has 0 spiro atoms. The maximum absolute atomic E-state index is 12.0. The molecule has 3 rings (SSSR count). The summed E-state index contributed by atoms with van der Waals surface area (Å²) in [5.74, 6) is 1.20. The van der Waals surface area contributed by atoms with Gasteiger partial charge >= 0.3 is 0 Å². The van der Waals surface area contributed by atoms with Crippen LogP contribution in [0.5, 0.6) is 17.2 Å². The number of carbonyl (C=O) groups is 1. The van der Waals surface area contributed by atoms with Crippen molar-refractivity contribution in [2.75, 3.05) is 39.8 Å². The van der Waals surface area contributed by atoms with Gasteiger partial charge in [-0.05, 0) is 36.8 Å². The number of carbonyl (C=O) groups excluding carboxylic acids is 1. The fourth-order valence-electron chi connectivity index (χ4n) is 3.45. The average molecular weight is 422 g/mol. The Balaban J connectivity index is 2.29. The molecule has 7 heteroatoms. The summed E-state index contributed by atoms with van der Waals surface area (Å²) in [5.41, 5.74) is 4.22. The largest absolute Gasteiger partial charge is 0.493 e. The number of ether oxygens (including phenoxy) is 3. The van der Waals surface area contributed by atoms with Crippen LogP contribution in [0.15, 0.2) is 48.7 Å². The van der Waals surface area contributed by atoms with Crippen molar-refractivity contribution in [3.8, 4) is 39.6 Å². The van der Waals surface area contributed by atoms with Crippen molar-refractivity contribution in [3.05, 3.63) is 54.2 Å². The smallest absolute Gasteiger partial charge is 0.203 e. The molecule has 0 radical (unpaired) electrons. The van der Waals surface area contributed by atoms with Crippen LogP contribution < -0.4 is 19.5 Å². The van der Waals surface area contributed by atoms with Crippen LogP contribution in [0.1, 0.15) is 16.8 Å². The summed E-state index contributed by atoms with van der Waals surface area (Å²) < 4.78 is 16.6. The highest BCUT2D eigenvalue weighted by molar-refractivity contribution is 5.98. The first kappa shape index (κ1) is 22.1. The Labute approximate surface area is 181 Å². The van der Waals surface area contributed by atoms with Crippen molar-refractivity contribution < 1.29 is 24.1 Å². The average Bonchev–Trinajstić information content (AvgIpc) is 2.83. The number of hydrogen-bond acceptors (Lipinski definition) is 7. The van der Waals surface area contributed by atoms with Gasteiger partial charge in [-0.25, -0.2) is 0 Å². The van der Waals surface area contributed by atoms with Crippen LogP contribution in [0.3, 0.4) is 0 Å². The van der Waals surface area contributed by atoms with E-state index in [2.05, 4.69) is 10.3 Å². The van der Waals surface area contributed by atoms with Gasteiger partial charge in [0.15, 0.2) is 17.8 Å². The molecule has 0 atom stereocenters. The molecule has 0 fully saturated rings. The summed E-state index contributed by atoms with van der Waals surface area (Å²) in [4.78, 5) is 16.5. The van der Waals surface area contributed by atoms with Crippen LogP contribution in [0, 0.1) is 0 Å². The minimum atomic E-state index is 0.0770. The lowest BCUT2D eigenvalue weighted by Gasteiger charge is -2.21. The lowest BCUT2D eigenvalue weighted by molar-refractivity contribution is 0.112. The van der Waals surface area contributed by atoms with Gasteiger partial charge in [0, 0.05) is 47.3 Å². The van der Waals surface area contributed by atoms with E-state index in [-0.39, 0.29) is 6.61 Å². The molecule has 0 amide bonds. The second-order valence-electron chi connectivity index (χ2n) is 6.71. The van der Waals surface area contributed by atoms with Gasteiger partial charge in [-0.15, -0.1) is 0 Å². The molecule has 0 saturated heterocycles. The van der Waals surface area contributed by atoms with E-state index in [9.17, 15) is 4.79 Å². The number of aldehydes is 1. The monoisotopic (exact) mass is 422 g/mol. The Morgan fingerprint density at radius 1 is 1.03 bits per heavy atom. The fourth-order valence-corrected chi connectivity index (χ4v) is 3.45. The molecule has 1 aromatic heterocycles. The first-order valence-corrected chi connectivity index (χ1v) is 9.87. The highest BCUT2D eigenvalue weighted by Crippen LogP contribution is 2.48. The second-order valence-corrected chi connectivity index (χ2v) is 6.71. The third kappa shape index (κ3) is 4.62. The van der Waals surface area contributed by atoms with Crippen LogP contribution in [0.2, 0.25) is 0 Å². The molecular formula is C24H26N2O5. The number of aromatic nitrogens is 1. The third-order valence-corrected chi connectivity index (χ3v) is 4.89. The number of nitrogens with zero attached hydrogens (tertiary/aromatic N) is 1. The van der Waals surface area contributed by atoms with Gasteiger partial charge in [-0.3, -0.25) is 9.78 Å². The zero-order valence-corrected chi connectivity index (χ0v) is 17.8. The summed E-state index contributed by atoms with van der Waals surface area (Å²) in [5, 5.41) is 12.5. The maximum atomic E-state index is 12.0. The summed E-state index contributed by atoms with van der Waals surface area (Å²) in [6.07, 6.45) is 3.09. The van der Waals surface area contributed by atoms with E-state index < -0.39 is 0 Å². The van der Waals surface area contributed by atoms with Crippen molar-refractivity contribution in [1.29, 1.82) is 0 Å². The van der Waals surface area contributed by atoms with Crippen LogP contribution in [0.4, 0.5) is 5.69 Å². The lowest BCUT2D eigenvalue weighted by atomic mass is 9.94. The van der Waals surface area contributed by atoms with Crippen LogP contribution in [0.25, 0.3) is 22.4 Å². The lowest BCUT2D eigenvalue weighted by Crippen LogP contribution is -2.06. The first-order valence-electron chi connectivity index (χ1n) is 9.87. The van der Waals surface area contributed by atoms with Crippen molar-refractivity contribution in [1.82, 2.24) is 4.98 Å². The van der Waals surface area contributed by atoms with Gasteiger partial charge in [0.2, 0.25) is 5.75 Å². The Hall–Kier alpha value is -3.58. The molecule has 0 saturated carbocycles. The molecule has 0 aliphatic carbocycles.